The Morgan fingerprint density at radius 2 is 2.36 bits per heavy atom. The van der Waals surface area contributed by atoms with E-state index >= 15 is 0 Å². The van der Waals surface area contributed by atoms with Gasteiger partial charge in [-0.3, -0.25) is 0 Å². The van der Waals surface area contributed by atoms with Crippen LogP contribution in [0.25, 0.3) is 0 Å². The molecule has 0 radical (unpaired) electrons. The Morgan fingerprint density at radius 3 is 2.82 bits per heavy atom. The molecule has 1 saturated heterocycles. The molecule has 11 heavy (non-hydrogen) atoms. The minimum Gasteiger partial charge on any atom is -0.373 e. The molecule has 0 aliphatic carbocycles. The fraction of sp³-hybridized carbons (Fsp3) is 0.800. The van der Waals surface area contributed by atoms with E-state index in [4.69, 9.17) is 0 Å². The summed E-state index contributed by atoms with van der Waals surface area (Å²) < 4.78 is 0. The third-order valence-electron chi connectivity index (χ3n) is 2.54. The van der Waals surface area contributed by atoms with Crippen LogP contribution in [-0.4, -0.2) is 17.5 Å². The number of hydrogen-bond donors (Lipinski definition) is 0. The van der Waals surface area contributed by atoms with Crippen LogP contribution in [0, 0.1) is 0 Å². The van der Waals surface area contributed by atoms with E-state index in [9.17, 15) is 0 Å². The molecule has 1 fully saturated rings. The van der Waals surface area contributed by atoms with Gasteiger partial charge >= 0.3 is 0 Å². The molecule has 64 valence electrons. The topological polar surface area (TPSA) is 3.24 Å². The van der Waals surface area contributed by atoms with Crippen LogP contribution in [-0.2, 0) is 0 Å². The molecule has 1 heterocycles. The highest BCUT2D eigenvalue weighted by molar-refractivity contribution is 5.02. The molecular weight excluding hydrogens is 134 g/mol. The summed E-state index contributed by atoms with van der Waals surface area (Å²) in [5.41, 5.74) is 1.35. The van der Waals surface area contributed by atoms with E-state index in [2.05, 4.69) is 25.3 Å². The largest absolute Gasteiger partial charge is 0.373 e. The number of unbranched alkanes of at least 4 members (excludes halogenated alkanes) is 1. The minimum absolute atomic E-state index is 0.744. The quantitative estimate of drug-likeness (QED) is 0.602. The van der Waals surface area contributed by atoms with Gasteiger partial charge in [-0.25, -0.2) is 0 Å². The third-order valence-corrected chi connectivity index (χ3v) is 2.54. The number of hydrogen-bond acceptors (Lipinski definition) is 1. The first-order chi connectivity index (χ1) is 5.25. The van der Waals surface area contributed by atoms with Crippen LogP contribution in [0.5, 0.6) is 0 Å². The molecule has 1 aliphatic rings. The number of rotatable bonds is 3. The van der Waals surface area contributed by atoms with Crippen LogP contribution in [0.2, 0.25) is 0 Å². The maximum atomic E-state index is 4.06. The number of nitrogens with zero attached hydrogens (tertiary/aromatic N) is 1. The monoisotopic (exact) mass is 153 g/mol. The molecule has 0 bridgehead atoms. The zero-order valence-corrected chi connectivity index (χ0v) is 7.77. The predicted molar refractivity (Wildman–Crippen MR) is 49.5 cm³/mol. The van der Waals surface area contributed by atoms with Crippen LogP contribution in [0.3, 0.4) is 0 Å². The molecule has 0 N–H and O–H groups in total. The summed E-state index contributed by atoms with van der Waals surface area (Å²) in [6, 6.07) is 0.744. The molecular formula is C10H19N. The number of likely N-dealkylation sites (tertiary alicyclic amines) is 1. The van der Waals surface area contributed by atoms with Crippen LogP contribution < -0.4 is 0 Å². The van der Waals surface area contributed by atoms with Gasteiger partial charge in [0.2, 0.25) is 0 Å². The highest BCUT2D eigenvalue weighted by Crippen LogP contribution is 2.25. The summed E-state index contributed by atoms with van der Waals surface area (Å²) in [6.07, 6.45) is 5.12. The lowest BCUT2D eigenvalue weighted by Gasteiger charge is -2.24. The molecule has 0 aromatic heterocycles. The van der Waals surface area contributed by atoms with Gasteiger partial charge in [0.15, 0.2) is 0 Å². The van der Waals surface area contributed by atoms with Crippen molar-refractivity contribution in [2.45, 2.75) is 45.6 Å². The van der Waals surface area contributed by atoms with E-state index in [1.54, 1.807) is 0 Å². The third kappa shape index (κ3) is 1.98. The Bertz CT molecular complexity index is 140. The van der Waals surface area contributed by atoms with Crippen molar-refractivity contribution in [3.05, 3.63) is 12.3 Å². The molecule has 1 heteroatoms. The Morgan fingerprint density at radius 1 is 1.64 bits per heavy atom. The van der Waals surface area contributed by atoms with Crippen molar-refractivity contribution in [2.75, 3.05) is 6.54 Å². The first-order valence-corrected chi connectivity index (χ1v) is 4.70. The molecule has 1 rings (SSSR count). The second-order valence-electron chi connectivity index (χ2n) is 3.50. The smallest absolute Gasteiger partial charge is 0.0262 e. The highest BCUT2D eigenvalue weighted by atomic mass is 15.2. The van der Waals surface area contributed by atoms with E-state index in [1.165, 1.54) is 37.9 Å². The van der Waals surface area contributed by atoms with Gasteiger partial charge in [-0.15, -0.1) is 0 Å². The van der Waals surface area contributed by atoms with Crippen LogP contribution in [0.15, 0.2) is 12.3 Å². The van der Waals surface area contributed by atoms with Crippen molar-refractivity contribution in [1.29, 1.82) is 0 Å². The summed E-state index contributed by atoms with van der Waals surface area (Å²) >= 11 is 0. The summed E-state index contributed by atoms with van der Waals surface area (Å²) in [7, 11) is 0. The first-order valence-electron chi connectivity index (χ1n) is 4.70. The van der Waals surface area contributed by atoms with E-state index < -0.39 is 0 Å². The average Bonchev–Trinajstić information content (AvgIpc) is 2.29. The maximum absolute atomic E-state index is 4.06. The lowest BCUT2D eigenvalue weighted by atomic mass is 10.2. The minimum atomic E-state index is 0.744. The Hall–Kier alpha value is -0.460. The fourth-order valence-corrected chi connectivity index (χ4v) is 1.69. The maximum Gasteiger partial charge on any atom is 0.0262 e. The van der Waals surface area contributed by atoms with E-state index in [-0.39, 0.29) is 0 Å². The van der Waals surface area contributed by atoms with E-state index in [1.807, 2.05) is 0 Å². The van der Waals surface area contributed by atoms with Crippen molar-refractivity contribution in [2.24, 2.45) is 0 Å². The van der Waals surface area contributed by atoms with Gasteiger partial charge in [0.1, 0.15) is 0 Å². The molecule has 0 saturated carbocycles. The molecule has 1 unspecified atom stereocenters. The molecule has 0 aromatic carbocycles. The van der Waals surface area contributed by atoms with Gasteiger partial charge in [0.05, 0.1) is 0 Å². The summed E-state index contributed by atoms with van der Waals surface area (Å²) in [6.45, 7) is 9.82. The standard InChI is InChI=1S/C10H19N/c1-4-5-8-11-9(2)6-7-10(11)3/h10H,2,4-8H2,1,3H3. The lowest BCUT2D eigenvalue weighted by molar-refractivity contribution is 0.306. The summed E-state index contributed by atoms with van der Waals surface area (Å²) in [4.78, 5) is 2.46. The van der Waals surface area contributed by atoms with Crippen LogP contribution >= 0.6 is 0 Å². The highest BCUT2D eigenvalue weighted by Gasteiger charge is 2.21. The van der Waals surface area contributed by atoms with Crippen LogP contribution in [0.4, 0.5) is 0 Å². The summed E-state index contributed by atoms with van der Waals surface area (Å²) in [5.74, 6) is 0. The predicted octanol–water partition coefficient (Wildman–Crippen LogP) is 2.78. The van der Waals surface area contributed by atoms with Gasteiger partial charge in [-0.05, 0) is 26.2 Å². The fourth-order valence-electron chi connectivity index (χ4n) is 1.69. The van der Waals surface area contributed by atoms with Gasteiger partial charge in [-0.1, -0.05) is 19.9 Å². The summed E-state index contributed by atoms with van der Waals surface area (Å²) in [5, 5.41) is 0. The molecule has 0 amide bonds. The normalized spacial score (nSPS) is 24.7. The van der Waals surface area contributed by atoms with Crippen molar-refractivity contribution in [3.8, 4) is 0 Å². The van der Waals surface area contributed by atoms with Crippen molar-refractivity contribution in [1.82, 2.24) is 4.90 Å². The lowest BCUT2D eigenvalue weighted by Crippen LogP contribution is -2.26. The Kier molecular flexibility index (Phi) is 2.98. The Labute approximate surface area is 70.1 Å². The van der Waals surface area contributed by atoms with E-state index in [0.29, 0.717) is 0 Å². The van der Waals surface area contributed by atoms with Gasteiger partial charge in [0.25, 0.3) is 0 Å². The van der Waals surface area contributed by atoms with Gasteiger partial charge in [0, 0.05) is 18.3 Å². The second-order valence-corrected chi connectivity index (χ2v) is 3.50. The molecule has 1 atom stereocenters. The molecule has 1 nitrogen and oxygen atoms in total. The molecule has 0 aromatic rings. The van der Waals surface area contributed by atoms with Gasteiger partial charge < -0.3 is 4.90 Å². The Balaban J connectivity index is 2.35. The number of allylic oxidation sites excluding steroid dienone is 1. The van der Waals surface area contributed by atoms with Crippen molar-refractivity contribution >= 4 is 0 Å². The van der Waals surface area contributed by atoms with E-state index in [0.717, 1.165) is 6.04 Å². The zero-order chi connectivity index (χ0) is 8.27. The van der Waals surface area contributed by atoms with Crippen molar-refractivity contribution < 1.29 is 0 Å². The van der Waals surface area contributed by atoms with Crippen LogP contribution in [0.1, 0.15) is 39.5 Å². The first kappa shape index (κ1) is 8.63. The van der Waals surface area contributed by atoms with Crippen molar-refractivity contribution in [3.63, 3.8) is 0 Å². The van der Waals surface area contributed by atoms with Gasteiger partial charge in [-0.2, -0.15) is 0 Å². The SMILES string of the molecule is C=C1CCC(C)N1CCCC. The second kappa shape index (κ2) is 3.80. The molecule has 1 aliphatic heterocycles. The zero-order valence-electron chi connectivity index (χ0n) is 7.77. The molecule has 0 spiro atoms. The average molecular weight is 153 g/mol.